The lowest BCUT2D eigenvalue weighted by Crippen LogP contribution is -2.29. The van der Waals surface area contributed by atoms with Crippen molar-refractivity contribution in [2.75, 3.05) is 26.4 Å². The van der Waals surface area contributed by atoms with E-state index in [4.69, 9.17) is 24.2 Å². The zero-order valence-electron chi connectivity index (χ0n) is 17.3. The first-order valence-corrected chi connectivity index (χ1v) is 11.5. The van der Waals surface area contributed by atoms with Crippen LogP contribution in [-0.2, 0) is 32.7 Å². The van der Waals surface area contributed by atoms with E-state index in [-0.39, 0.29) is 19.4 Å². The molecule has 10 nitrogen and oxygen atoms in total. The highest BCUT2D eigenvalue weighted by molar-refractivity contribution is 7.47. The minimum Gasteiger partial charge on any atom is -0.462 e. The predicted molar refractivity (Wildman–Crippen MR) is 104 cm³/mol. The van der Waals surface area contributed by atoms with Gasteiger partial charge in [0.25, 0.3) is 0 Å². The van der Waals surface area contributed by atoms with Gasteiger partial charge in [-0.2, -0.15) is 0 Å². The number of rotatable bonds is 18. The van der Waals surface area contributed by atoms with Gasteiger partial charge in [0, 0.05) is 12.8 Å². The molecule has 172 valence electrons. The molecular formula is C18H35O10P. The average molecular weight is 442 g/mol. The van der Waals surface area contributed by atoms with Gasteiger partial charge < -0.3 is 24.6 Å². The number of hydrogen-bond acceptors (Lipinski definition) is 9. The van der Waals surface area contributed by atoms with Crippen LogP contribution < -0.4 is 0 Å². The molecule has 29 heavy (non-hydrogen) atoms. The lowest BCUT2D eigenvalue weighted by Gasteiger charge is -2.20. The van der Waals surface area contributed by atoms with Crippen LogP contribution in [-0.4, -0.2) is 65.7 Å². The lowest BCUT2D eigenvalue weighted by atomic mass is 10.2. The number of esters is 2. The third-order valence-electron chi connectivity index (χ3n) is 3.76. The highest BCUT2D eigenvalue weighted by atomic mass is 31.2. The Balaban J connectivity index is 4.62. The van der Waals surface area contributed by atoms with Crippen molar-refractivity contribution >= 4 is 19.8 Å². The van der Waals surface area contributed by atoms with Gasteiger partial charge in [0.1, 0.15) is 12.7 Å². The number of phosphoric acid groups is 1. The van der Waals surface area contributed by atoms with Gasteiger partial charge in [0.2, 0.25) is 0 Å². The van der Waals surface area contributed by atoms with E-state index in [1.165, 1.54) is 0 Å². The molecule has 11 heteroatoms. The molecule has 0 aliphatic heterocycles. The largest absolute Gasteiger partial charge is 0.472 e. The van der Waals surface area contributed by atoms with Gasteiger partial charge in [0.05, 0.1) is 19.8 Å². The second-order valence-corrected chi connectivity index (χ2v) is 8.06. The highest BCUT2D eigenvalue weighted by Gasteiger charge is 2.27. The maximum atomic E-state index is 11.9. The molecule has 0 radical (unpaired) electrons. The topological polar surface area (TPSA) is 149 Å². The molecule has 0 fully saturated rings. The van der Waals surface area contributed by atoms with Gasteiger partial charge >= 0.3 is 19.8 Å². The zero-order valence-corrected chi connectivity index (χ0v) is 18.2. The monoisotopic (exact) mass is 442 g/mol. The van der Waals surface area contributed by atoms with Crippen LogP contribution in [0.1, 0.15) is 65.2 Å². The Morgan fingerprint density at radius 1 is 0.897 bits per heavy atom. The van der Waals surface area contributed by atoms with Gasteiger partial charge in [-0.3, -0.25) is 18.6 Å². The summed E-state index contributed by atoms with van der Waals surface area (Å²) in [6.45, 7) is 1.89. The van der Waals surface area contributed by atoms with Crippen molar-refractivity contribution in [3.63, 3.8) is 0 Å². The molecule has 0 saturated heterocycles. The van der Waals surface area contributed by atoms with Crippen LogP contribution in [0.5, 0.6) is 0 Å². The number of aliphatic hydroxyl groups excluding tert-OH is 2. The summed E-state index contributed by atoms with van der Waals surface area (Å²) in [6, 6.07) is 0. The number of phosphoric ester groups is 1. The third kappa shape index (κ3) is 16.5. The quantitative estimate of drug-likeness (QED) is 0.164. The lowest BCUT2D eigenvalue weighted by molar-refractivity contribution is -0.161. The summed E-state index contributed by atoms with van der Waals surface area (Å²) >= 11 is 0. The number of carbonyl (C=O) groups is 2. The molecule has 3 N–H and O–H groups in total. The van der Waals surface area contributed by atoms with Crippen molar-refractivity contribution in [1.29, 1.82) is 0 Å². The molecule has 1 unspecified atom stereocenters. The molecule has 0 saturated carbocycles. The second-order valence-electron chi connectivity index (χ2n) is 6.61. The number of carbonyl (C=O) groups excluding carboxylic acids is 2. The minimum atomic E-state index is -4.55. The molecule has 0 bridgehead atoms. The Bertz CT molecular complexity index is 499. The van der Waals surface area contributed by atoms with Crippen molar-refractivity contribution in [2.24, 2.45) is 0 Å². The van der Waals surface area contributed by atoms with Crippen molar-refractivity contribution in [1.82, 2.24) is 0 Å². The molecule has 0 aromatic carbocycles. The summed E-state index contributed by atoms with van der Waals surface area (Å²) in [5, 5.41) is 17.9. The molecule has 0 aliphatic carbocycles. The van der Waals surface area contributed by atoms with Gasteiger partial charge in [-0.1, -0.05) is 39.5 Å². The van der Waals surface area contributed by atoms with Crippen LogP contribution in [0.3, 0.4) is 0 Å². The summed E-state index contributed by atoms with van der Waals surface area (Å²) in [5.74, 6) is -0.988. The van der Waals surface area contributed by atoms with Gasteiger partial charge in [-0.15, -0.1) is 0 Å². The van der Waals surface area contributed by atoms with E-state index < -0.39 is 51.8 Å². The number of ether oxygens (including phenoxy) is 2. The molecule has 0 aromatic rings. The van der Waals surface area contributed by atoms with Gasteiger partial charge in [0.15, 0.2) is 6.10 Å². The molecule has 0 heterocycles. The van der Waals surface area contributed by atoms with Crippen molar-refractivity contribution in [3.8, 4) is 0 Å². The Kier molecular flexibility index (Phi) is 16.1. The molecule has 0 rings (SSSR count). The van der Waals surface area contributed by atoms with Gasteiger partial charge in [-0.05, 0) is 12.8 Å². The SMILES string of the molecule is CCCCCC(=O)OC[C@H](COP(=O)(O)OC[C@@H](O)CO)OC(=O)CCCCC. The number of aliphatic hydroxyl groups is 2. The standard InChI is InChI=1S/C18H35O10P/c1-3-5-7-9-17(21)25-13-16(28-18(22)10-8-6-4-2)14-27-29(23,24)26-12-15(20)11-19/h15-16,19-20H,3-14H2,1-2H3,(H,23,24)/t15-,16+/m0/s1. The van der Waals surface area contributed by atoms with Crippen LogP contribution in [0.2, 0.25) is 0 Å². The normalized spacial score (nSPS) is 15.3. The fourth-order valence-corrected chi connectivity index (χ4v) is 2.89. The molecule has 0 amide bonds. The highest BCUT2D eigenvalue weighted by Crippen LogP contribution is 2.43. The van der Waals surface area contributed by atoms with E-state index in [9.17, 15) is 19.0 Å². The zero-order chi connectivity index (χ0) is 22.1. The Hall–Kier alpha value is -1.03. The summed E-state index contributed by atoms with van der Waals surface area (Å²) in [6.07, 6.45) is 2.93. The van der Waals surface area contributed by atoms with E-state index in [1.807, 2.05) is 13.8 Å². The molecule has 0 spiro atoms. The first-order chi connectivity index (χ1) is 13.7. The van der Waals surface area contributed by atoms with E-state index in [0.29, 0.717) is 12.8 Å². The number of unbranched alkanes of at least 4 members (excludes halogenated alkanes) is 4. The van der Waals surface area contributed by atoms with Crippen molar-refractivity contribution < 1.29 is 47.8 Å². The van der Waals surface area contributed by atoms with E-state index in [0.717, 1.165) is 25.7 Å². The van der Waals surface area contributed by atoms with Crippen LogP contribution in [0, 0.1) is 0 Å². The summed E-state index contributed by atoms with van der Waals surface area (Å²) in [7, 11) is -4.55. The summed E-state index contributed by atoms with van der Waals surface area (Å²) in [4.78, 5) is 33.3. The van der Waals surface area contributed by atoms with E-state index in [1.54, 1.807) is 0 Å². The first kappa shape index (κ1) is 28.0. The van der Waals surface area contributed by atoms with Crippen LogP contribution in [0.4, 0.5) is 0 Å². The maximum absolute atomic E-state index is 11.9. The fourth-order valence-electron chi connectivity index (χ4n) is 2.11. The smallest absolute Gasteiger partial charge is 0.462 e. The van der Waals surface area contributed by atoms with Crippen molar-refractivity contribution in [3.05, 3.63) is 0 Å². The first-order valence-electron chi connectivity index (χ1n) is 9.99. The fraction of sp³-hybridized carbons (Fsp3) is 0.889. The van der Waals surface area contributed by atoms with Crippen LogP contribution in [0.25, 0.3) is 0 Å². The maximum Gasteiger partial charge on any atom is 0.472 e. The average Bonchev–Trinajstić information content (AvgIpc) is 2.68. The van der Waals surface area contributed by atoms with Crippen LogP contribution >= 0.6 is 7.82 Å². The van der Waals surface area contributed by atoms with Gasteiger partial charge in [-0.25, -0.2) is 4.57 Å². The minimum absolute atomic E-state index is 0.171. The molecule has 0 aromatic heterocycles. The predicted octanol–water partition coefficient (Wildman–Crippen LogP) is 2.09. The Morgan fingerprint density at radius 3 is 2.00 bits per heavy atom. The molecule has 0 aliphatic rings. The second kappa shape index (κ2) is 16.7. The Morgan fingerprint density at radius 2 is 1.45 bits per heavy atom. The van der Waals surface area contributed by atoms with Crippen molar-refractivity contribution in [2.45, 2.75) is 77.4 Å². The van der Waals surface area contributed by atoms with E-state index in [2.05, 4.69) is 4.52 Å². The molecule has 3 atom stereocenters. The Labute approximate surface area is 172 Å². The number of hydrogen-bond donors (Lipinski definition) is 3. The van der Waals surface area contributed by atoms with E-state index >= 15 is 0 Å². The van der Waals surface area contributed by atoms with Crippen LogP contribution in [0.15, 0.2) is 0 Å². The third-order valence-corrected chi connectivity index (χ3v) is 4.71. The summed E-state index contributed by atoms with van der Waals surface area (Å²) < 4.78 is 31.4. The summed E-state index contributed by atoms with van der Waals surface area (Å²) in [5.41, 5.74) is 0. The molecular weight excluding hydrogens is 407 g/mol.